The Morgan fingerprint density at radius 1 is 1.22 bits per heavy atom. The first-order valence-corrected chi connectivity index (χ1v) is 8.01. The molecular weight excluding hydrogens is 220 g/mol. The Morgan fingerprint density at radius 3 is 2.61 bits per heavy atom. The average Bonchev–Trinajstić information content (AvgIpc) is 2.96. The number of fused-ring (bicyclic) bond motifs is 2. The highest BCUT2D eigenvalue weighted by Crippen LogP contribution is 2.48. The van der Waals surface area contributed by atoms with Crippen molar-refractivity contribution in [3.63, 3.8) is 0 Å². The van der Waals surface area contributed by atoms with E-state index in [9.17, 15) is 0 Å². The van der Waals surface area contributed by atoms with E-state index < -0.39 is 0 Å². The maximum atomic E-state index is 6.30. The second-order valence-corrected chi connectivity index (χ2v) is 7.78. The Morgan fingerprint density at radius 2 is 2.06 bits per heavy atom. The van der Waals surface area contributed by atoms with E-state index in [0.29, 0.717) is 11.5 Å². The highest BCUT2D eigenvalue weighted by atomic mass is 15.1. The molecule has 0 heterocycles. The highest BCUT2D eigenvalue weighted by molar-refractivity contribution is 4.95. The summed E-state index contributed by atoms with van der Waals surface area (Å²) in [5.74, 6) is 3.13. The van der Waals surface area contributed by atoms with Crippen LogP contribution in [0.25, 0.3) is 0 Å². The molecule has 3 aliphatic rings. The van der Waals surface area contributed by atoms with Crippen molar-refractivity contribution in [3.8, 4) is 0 Å². The molecule has 0 spiro atoms. The molecule has 0 aromatic rings. The SMILES string of the molecule is CN(CC1CC2CCC1C2)CC1(C)CCCC1N. The van der Waals surface area contributed by atoms with Gasteiger partial charge in [0.05, 0.1) is 0 Å². The molecule has 104 valence electrons. The van der Waals surface area contributed by atoms with Gasteiger partial charge in [0.2, 0.25) is 0 Å². The fraction of sp³-hybridized carbons (Fsp3) is 1.00. The first kappa shape index (κ1) is 12.9. The van der Waals surface area contributed by atoms with E-state index in [2.05, 4.69) is 18.9 Å². The molecule has 0 saturated heterocycles. The average molecular weight is 250 g/mol. The molecule has 3 saturated carbocycles. The van der Waals surface area contributed by atoms with Crippen LogP contribution in [0, 0.1) is 23.2 Å². The highest BCUT2D eigenvalue weighted by Gasteiger charge is 2.41. The quantitative estimate of drug-likeness (QED) is 0.831. The molecule has 2 heteroatoms. The second kappa shape index (κ2) is 4.79. The lowest BCUT2D eigenvalue weighted by molar-refractivity contribution is 0.143. The molecule has 5 unspecified atom stereocenters. The van der Waals surface area contributed by atoms with E-state index >= 15 is 0 Å². The van der Waals surface area contributed by atoms with Gasteiger partial charge >= 0.3 is 0 Å². The Kier molecular flexibility index (Phi) is 3.44. The number of hydrogen-bond donors (Lipinski definition) is 1. The number of nitrogens with two attached hydrogens (primary N) is 1. The molecule has 2 N–H and O–H groups in total. The second-order valence-electron chi connectivity index (χ2n) is 7.78. The molecule has 2 nitrogen and oxygen atoms in total. The molecule has 0 aromatic heterocycles. The first-order chi connectivity index (χ1) is 8.57. The molecule has 0 aliphatic heterocycles. The van der Waals surface area contributed by atoms with E-state index in [0.717, 1.165) is 17.8 Å². The Hall–Kier alpha value is -0.0800. The lowest BCUT2D eigenvalue weighted by Crippen LogP contribution is -2.44. The van der Waals surface area contributed by atoms with E-state index in [1.165, 1.54) is 58.0 Å². The summed E-state index contributed by atoms with van der Waals surface area (Å²) in [5.41, 5.74) is 6.68. The monoisotopic (exact) mass is 250 g/mol. The summed E-state index contributed by atoms with van der Waals surface area (Å²) in [7, 11) is 2.32. The summed E-state index contributed by atoms with van der Waals surface area (Å²) < 4.78 is 0. The van der Waals surface area contributed by atoms with Gasteiger partial charge in [0.15, 0.2) is 0 Å². The summed E-state index contributed by atoms with van der Waals surface area (Å²) in [5, 5.41) is 0. The van der Waals surface area contributed by atoms with Gasteiger partial charge in [0.1, 0.15) is 0 Å². The number of rotatable bonds is 4. The Balaban J connectivity index is 1.51. The van der Waals surface area contributed by atoms with E-state index in [4.69, 9.17) is 5.73 Å². The normalized spacial score (nSPS) is 47.3. The zero-order valence-corrected chi connectivity index (χ0v) is 12.2. The van der Waals surface area contributed by atoms with E-state index in [1.54, 1.807) is 0 Å². The van der Waals surface area contributed by atoms with Gasteiger partial charge in [-0.3, -0.25) is 0 Å². The summed E-state index contributed by atoms with van der Waals surface area (Å²) in [4.78, 5) is 2.59. The van der Waals surface area contributed by atoms with Crippen molar-refractivity contribution in [2.45, 2.75) is 57.9 Å². The summed E-state index contributed by atoms with van der Waals surface area (Å²) in [6, 6.07) is 0.431. The van der Waals surface area contributed by atoms with Crippen LogP contribution in [0.1, 0.15) is 51.9 Å². The van der Waals surface area contributed by atoms with Gasteiger partial charge in [-0.1, -0.05) is 19.8 Å². The predicted molar refractivity (Wildman–Crippen MR) is 76.4 cm³/mol. The van der Waals surface area contributed by atoms with E-state index in [1.807, 2.05) is 0 Å². The summed E-state index contributed by atoms with van der Waals surface area (Å²) in [6.07, 6.45) is 9.98. The van der Waals surface area contributed by atoms with Crippen LogP contribution in [-0.2, 0) is 0 Å². The van der Waals surface area contributed by atoms with Crippen LogP contribution in [0.2, 0.25) is 0 Å². The Labute approximate surface area is 112 Å². The summed E-state index contributed by atoms with van der Waals surface area (Å²) >= 11 is 0. The van der Waals surface area contributed by atoms with Gasteiger partial charge < -0.3 is 10.6 Å². The van der Waals surface area contributed by atoms with Crippen molar-refractivity contribution in [1.29, 1.82) is 0 Å². The standard InChI is InChI=1S/C16H30N2/c1-16(7-3-4-15(16)17)11-18(2)10-14-9-12-5-6-13(14)8-12/h12-15H,3-11,17H2,1-2H3. The van der Waals surface area contributed by atoms with Gasteiger partial charge in [0, 0.05) is 19.1 Å². The van der Waals surface area contributed by atoms with Crippen LogP contribution in [0.4, 0.5) is 0 Å². The third-order valence-electron chi connectivity index (χ3n) is 6.22. The summed E-state index contributed by atoms with van der Waals surface area (Å²) in [6.45, 7) is 4.94. The van der Waals surface area contributed by atoms with Crippen LogP contribution in [0.3, 0.4) is 0 Å². The van der Waals surface area contributed by atoms with Crippen LogP contribution in [0.5, 0.6) is 0 Å². The zero-order valence-electron chi connectivity index (χ0n) is 12.2. The topological polar surface area (TPSA) is 29.3 Å². The number of hydrogen-bond acceptors (Lipinski definition) is 2. The maximum absolute atomic E-state index is 6.30. The predicted octanol–water partition coefficient (Wildman–Crippen LogP) is 2.87. The van der Waals surface area contributed by atoms with Gasteiger partial charge in [0.25, 0.3) is 0 Å². The minimum Gasteiger partial charge on any atom is -0.327 e. The minimum absolute atomic E-state index is 0.381. The van der Waals surface area contributed by atoms with Crippen LogP contribution < -0.4 is 5.73 Å². The van der Waals surface area contributed by atoms with Crippen molar-refractivity contribution in [3.05, 3.63) is 0 Å². The van der Waals surface area contributed by atoms with Crippen molar-refractivity contribution in [2.75, 3.05) is 20.1 Å². The van der Waals surface area contributed by atoms with Crippen molar-refractivity contribution in [2.24, 2.45) is 28.9 Å². The molecule has 2 bridgehead atoms. The first-order valence-electron chi connectivity index (χ1n) is 8.01. The zero-order chi connectivity index (χ0) is 12.8. The minimum atomic E-state index is 0.381. The van der Waals surface area contributed by atoms with Gasteiger partial charge in [-0.05, 0) is 62.3 Å². The molecule has 0 amide bonds. The van der Waals surface area contributed by atoms with Crippen molar-refractivity contribution >= 4 is 0 Å². The maximum Gasteiger partial charge on any atom is 0.0105 e. The number of nitrogens with zero attached hydrogens (tertiary/aromatic N) is 1. The smallest absolute Gasteiger partial charge is 0.0105 e. The molecule has 5 atom stereocenters. The third kappa shape index (κ3) is 2.34. The fourth-order valence-electron chi connectivity index (χ4n) is 5.14. The molecule has 18 heavy (non-hydrogen) atoms. The lowest BCUT2D eigenvalue weighted by atomic mass is 9.83. The Bertz CT molecular complexity index is 303. The van der Waals surface area contributed by atoms with Gasteiger partial charge in [-0.15, -0.1) is 0 Å². The van der Waals surface area contributed by atoms with Crippen molar-refractivity contribution < 1.29 is 0 Å². The van der Waals surface area contributed by atoms with Crippen LogP contribution in [-0.4, -0.2) is 31.1 Å². The fourth-order valence-corrected chi connectivity index (χ4v) is 5.14. The molecule has 0 radical (unpaired) electrons. The third-order valence-corrected chi connectivity index (χ3v) is 6.22. The molecule has 3 aliphatic carbocycles. The van der Waals surface area contributed by atoms with E-state index in [-0.39, 0.29) is 0 Å². The molecular formula is C16H30N2. The van der Waals surface area contributed by atoms with Crippen LogP contribution >= 0.6 is 0 Å². The largest absolute Gasteiger partial charge is 0.327 e. The van der Waals surface area contributed by atoms with Gasteiger partial charge in [-0.25, -0.2) is 0 Å². The van der Waals surface area contributed by atoms with Gasteiger partial charge in [-0.2, -0.15) is 0 Å². The lowest BCUT2D eigenvalue weighted by Gasteiger charge is -2.36. The van der Waals surface area contributed by atoms with Crippen molar-refractivity contribution in [1.82, 2.24) is 4.90 Å². The molecule has 3 fully saturated rings. The molecule has 3 rings (SSSR count). The molecule has 0 aromatic carbocycles. The van der Waals surface area contributed by atoms with Crippen LogP contribution in [0.15, 0.2) is 0 Å².